The molecule has 0 aromatic carbocycles. The molecule has 0 saturated heterocycles. The van der Waals surface area contributed by atoms with Crippen molar-refractivity contribution in [3.63, 3.8) is 0 Å². The molecular formula is C15H22N4O3. The van der Waals surface area contributed by atoms with Gasteiger partial charge in [-0.2, -0.15) is 0 Å². The van der Waals surface area contributed by atoms with Crippen LogP contribution in [0.25, 0.3) is 0 Å². The van der Waals surface area contributed by atoms with Crippen molar-refractivity contribution in [1.82, 2.24) is 15.2 Å². The lowest BCUT2D eigenvalue weighted by molar-refractivity contribution is -0.139. The zero-order chi connectivity index (χ0) is 16.1. The van der Waals surface area contributed by atoms with Crippen LogP contribution in [-0.2, 0) is 4.79 Å². The van der Waals surface area contributed by atoms with E-state index in [0.29, 0.717) is 12.4 Å². The number of hydrogen-bond donors (Lipinski definition) is 3. The van der Waals surface area contributed by atoms with Crippen molar-refractivity contribution < 1.29 is 14.7 Å². The first-order valence-corrected chi connectivity index (χ1v) is 7.45. The van der Waals surface area contributed by atoms with Crippen molar-refractivity contribution in [2.24, 2.45) is 0 Å². The van der Waals surface area contributed by atoms with Crippen LogP contribution in [0.4, 0.5) is 10.6 Å². The van der Waals surface area contributed by atoms with E-state index in [-0.39, 0.29) is 24.7 Å². The van der Waals surface area contributed by atoms with Crippen molar-refractivity contribution >= 4 is 17.8 Å². The minimum Gasteiger partial charge on any atom is -0.480 e. The van der Waals surface area contributed by atoms with Gasteiger partial charge in [0.1, 0.15) is 5.82 Å². The van der Waals surface area contributed by atoms with Gasteiger partial charge in [0.2, 0.25) is 0 Å². The fourth-order valence-electron chi connectivity index (χ4n) is 2.63. The molecule has 1 aromatic heterocycles. The largest absolute Gasteiger partial charge is 0.480 e. The van der Waals surface area contributed by atoms with Gasteiger partial charge in [0.25, 0.3) is 0 Å². The molecule has 22 heavy (non-hydrogen) atoms. The number of carboxylic acids is 1. The molecule has 120 valence electrons. The second-order valence-electron chi connectivity index (χ2n) is 5.54. The van der Waals surface area contributed by atoms with E-state index < -0.39 is 5.97 Å². The van der Waals surface area contributed by atoms with E-state index in [1.807, 2.05) is 30.9 Å². The Balaban J connectivity index is 1.75. The molecule has 1 heterocycles. The van der Waals surface area contributed by atoms with Gasteiger partial charge >= 0.3 is 12.0 Å². The molecule has 0 bridgehead atoms. The molecule has 1 aliphatic rings. The smallest absolute Gasteiger partial charge is 0.320 e. The maximum Gasteiger partial charge on any atom is 0.320 e. The Kier molecular flexibility index (Phi) is 5.32. The lowest BCUT2D eigenvalue weighted by Crippen LogP contribution is -2.55. The summed E-state index contributed by atoms with van der Waals surface area (Å²) in [5, 5.41) is 14.4. The van der Waals surface area contributed by atoms with Crippen molar-refractivity contribution in [3.05, 3.63) is 23.9 Å². The summed E-state index contributed by atoms with van der Waals surface area (Å²) in [6.45, 7) is 4.55. The Bertz CT molecular complexity index is 543. The van der Waals surface area contributed by atoms with Gasteiger partial charge in [-0.1, -0.05) is 13.0 Å². The highest BCUT2D eigenvalue weighted by Gasteiger charge is 2.34. The summed E-state index contributed by atoms with van der Waals surface area (Å²) in [4.78, 5) is 28.8. The van der Waals surface area contributed by atoms with Crippen molar-refractivity contribution in [1.29, 1.82) is 0 Å². The molecule has 2 rings (SSSR count). The predicted molar refractivity (Wildman–Crippen MR) is 82.8 cm³/mol. The van der Waals surface area contributed by atoms with E-state index in [1.54, 1.807) is 6.07 Å². The first-order chi connectivity index (χ1) is 10.5. The van der Waals surface area contributed by atoms with Crippen LogP contribution < -0.4 is 10.6 Å². The first kappa shape index (κ1) is 16.2. The SMILES string of the molecule is CCN(CC(=O)O)C1CC(NC(=O)Nc2cccc(C)n2)C1. The van der Waals surface area contributed by atoms with E-state index in [1.165, 1.54) is 0 Å². The van der Waals surface area contributed by atoms with Crippen molar-refractivity contribution in [2.75, 3.05) is 18.4 Å². The van der Waals surface area contributed by atoms with E-state index in [0.717, 1.165) is 18.5 Å². The second-order valence-corrected chi connectivity index (χ2v) is 5.54. The van der Waals surface area contributed by atoms with Gasteiger partial charge in [-0.05, 0) is 38.4 Å². The lowest BCUT2D eigenvalue weighted by Gasteiger charge is -2.42. The number of carboxylic acid groups (broad SMARTS) is 1. The summed E-state index contributed by atoms with van der Waals surface area (Å²) in [5.74, 6) is -0.295. The highest BCUT2D eigenvalue weighted by Crippen LogP contribution is 2.25. The number of likely N-dealkylation sites (N-methyl/N-ethyl adjacent to an activating group) is 1. The summed E-state index contributed by atoms with van der Waals surface area (Å²) in [7, 11) is 0. The lowest BCUT2D eigenvalue weighted by atomic mass is 9.85. The molecule has 1 fully saturated rings. The summed E-state index contributed by atoms with van der Waals surface area (Å²) >= 11 is 0. The Morgan fingerprint density at radius 1 is 1.41 bits per heavy atom. The van der Waals surface area contributed by atoms with Crippen LogP contribution in [0.1, 0.15) is 25.5 Å². The molecule has 1 saturated carbocycles. The zero-order valence-corrected chi connectivity index (χ0v) is 12.9. The Hall–Kier alpha value is -2.15. The zero-order valence-electron chi connectivity index (χ0n) is 12.9. The van der Waals surface area contributed by atoms with E-state index in [4.69, 9.17) is 5.11 Å². The third-order valence-electron chi connectivity index (χ3n) is 3.84. The van der Waals surface area contributed by atoms with Gasteiger partial charge in [-0.25, -0.2) is 9.78 Å². The number of aromatic nitrogens is 1. The van der Waals surface area contributed by atoms with Crippen molar-refractivity contribution in [3.8, 4) is 0 Å². The number of anilines is 1. The van der Waals surface area contributed by atoms with E-state index in [2.05, 4.69) is 15.6 Å². The number of hydrogen-bond acceptors (Lipinski definition) is 4. The molecular weight excluding hydrogens is 284 g/mol. The summed E-state index contributed by atoms with van der Waals surface area (Å²) in [6.07, 6.45) is 1.55. The van der Waals surface area contributed by atoms with Crippen LogP contribution in [0.3, 0.4) is 0 Å². The molecule has 0 atom stereocenters. The van der Waals surface area contributed by atoms with Gasteiger partial charge < -0.3 is 10.4 Å². The number of aryl methyl sites for hydroxylation is 1. The normalized spacial score (nSPS) is 20.3. The number of urea groups is 1. The molecule has 0 aliphatic heterocycles. The van der Waals surface area contributed by atoms with Crippen LogP contribution in [0.15, 0.2) is 18.2 Å². The summed E-state index contributed by atoms with van der Waals surface area (Å²) in [5.41, 5.74) is 0.841. The number of rotatable bonds is 6. The number of nitrogens with one attached hydrogen (secondary N) is 2. The molecule has 2 amide bonds. The maximum absolute atomic E-state index is 11.9. The van der Waals surface area contributed by atoms with Gasteiger partial charge in [0, 0.05) is 17.8 Å². The van der Waals surface area contributed by atoms with E-state index >= 15 is 0 Å². The van der Waals surface area contributed by atoms with Crippen LogP contribution >= 0.6 is 0 Å². The topological polar surface area (TPSA) is 94.6 Å². The molecule has 0 unspecified atom stereocenters. The third kappa shape index (κ3) is 4.42. The Morgan fingerprint density at radius 3 is 2.73 bits per heavy atom. The minimum absolute atomic E-state index is 0.0489. The molecule has 1 aliphatic carbocycles. The number of nitrogens with zero attached hydrogens (tertiary/aromatic N) is 2. The molecule has 7 nitrogen and oxygen atoms in total. The standard InChI is InChI=1S/C15H22N4O3/c1-3-19(9-14(20)21)12-7-11(8-12)17-15(22)18-13-6-4-5-10(2)16-13/h4-6,11-12H,3,7-9H2,1-2H3,(H,20,21)(H2,16,17,18,22). The van der Waals surface area contributed by atoms with Gasteiger partial charge in [0.05, 0.1) is 6.54 Å². The molecule has 7 heteroatoms. The predicted octanol–water partition coefficient (Wildman–Crippen LogP) is 1.45. The molecule has 0 radical (unpaired) electrons. The molecule has 0 spiro atoms. The van der Waals surface area contributed by atoms with Gasteiger partial charge in [-0.3, -0.25) is 15.0 Å². The van der Waals surface area contributed by atoms with Crippen LogP contribution in [0, 0.1) is 6.92 Å². The number of amides is 2. The fourth-order valence-corrected chi connectivity index (χ4v) is 2.63. The number of aliphatic carboxylic acids is 1. The fraction of sp³-hybridized carbons (Fsp3) is 0.533. The van der Waals surface area contributed by atoms with Crippen LogP contribution in [-0.4, -0.2) is 52.2 Å². The maximum atomic E-state index is 11.9. The quantitative estimate of drug-likeness (QED) is 0.739. The Labute approximate surface area is 129 Å². The van der Waals surface area contributed by atoms with Crippen LogP contribution in [0.5, 0.6) is 0 Å². The van der Waals surface area contributed by atoms with E-state index in [9.17, 15) is 9.59 Å². The average Bonchev–Trinajstić information content (AvgIpc) is 2.40. The van der Waals surface area contributed by atoms with Crippen molar-refractivity contribution in [2.45, 2.75) is 38.8 Å². The third-order valence-corrected chi connectivity index (χ3v) is 3.84. The number of pyridine rings is 1. The first-order valence-electron chi connectivity index (χ1n) is 7.45. The Morgan fingerprint density at radius 2 is 2.14 bits per heavy atom. The van der Waals surface area contributed by atoms with Gasteiger partial charge in [0.15, 0.2) is 0 Å². The van der Waals surface area contributed by atoms with Gasteiger partial charge in [-0.15, -0.1) is 0 Å². The summed E-state index contributed by atoms with van der Waals surface area (Å²) < 4.78 is 0. The highest BCUT2D eigenvalue weighted by molar-refractivity contribution is 5.88. The number of carbonyl (C=O) groups is 2. The molecule has 3 N–H and O–H groups in total. The summed E-state index contributed by atoms with van der Waals surface area (Å²) in [6, 6.07) is 5.47. The molecule has 1 aromatic rings. The average molecular weight is 306 g/mol. The highest BCUT2D eigenvalue weighted by atomic mass is 16.4. The minimum atomic E-state index is -0.818. The monoisotopic (exact) mass is 306 g/mol. The van der Waals surface area contributed by atoms with Crippen LogP contribution in [0.2, 0.25) is 0 Å². The number of carbonyl (C=O) groups excluding carboxylic acids is 1. The second kappa shape index (κ2) is 7.22.